The second kappa shape index (κ2) is 8.66. The van der Waals surface area contributed by atoms with E-state index in [2.05, 4.69) is 15.3 Å². The minimum atomic E-state index is -0.140. The Kier molecular flexibility index (Phi) is 5.62. The van der Waals surface area contributed by atoms with Gasteiger partial charge in [0.15, 0.2) is 0 Å². The minimum absolute atomic E-state index is 0.131. The maximum absolute atomic E-state index is 12.4. The number of amides is 1. The van der Waals surface area contributed by atoms with Gasteiger partial charge in [0.25, 0.3) is 10.8 Å². The van der Waals surface area contributed by atoms with Crippen molar-refractivity contribution in [2.75, 3.05) is 0 Å². The summed E-state index contributed by atoms with van der Waals surface area (Å²) in [5.41, 5.74) is 1.47. The quantitative estimate of drug-likeness (QED) is 0.509. The maximum atomic E-state index is 12.4. The predicted molar refractivity (Wildman–Crippen MR) is 111 cm³/mol. The zero-order chi connectivity index (χ0) is 20.1. The van der Waals surface area contributed by atoms with Crippen LogP contribution < -0.4 is 15.6 Å². The zero-order valence-corrected chi connectivity index (χ0v) is 16.3. The first-order valence-electron chi connectivity index (χ1n) is 9.06. The lowest BCUT2D eigenvalue weighted by atomic mass is 10.2. The summed E-state index contributed by atoms with van der Waals surface area (Å²) in [6.07, 6.45) is 3.37. The molecule has 2 heterocycles. The molecule has 0 atom stereocenters. The molecule has 1 amide bonds. The van der Waals surface area contributed by atoms with Crippen molar-refractivity contribution in [3.63, 3.8) is 0 Å². The van der Waals surface area contributed by atoms with E-state index in [0.29, 0.717) is 28.4 Å². The van der Waals surface area contributed by atoms with E-state index < -0.39 is 0 Å². The highest BCUT2D eigenvalue weighted by molar-refractivity contribution is 7.11. The van der Waals surface area contributed by atoms with Crippen LogP contribution in [0.1, 0.15) is 12.0 Å². The van der Waals surface area contributed by atoms with Crippen molar-refractivity contribution in [2.24, 2.45) is 0 Å². The summed E-state index contributed by atoms with van der Waals surface area (Å²) in [6.45, 7) is 0.685. The number of hydrogen-bond donors (Lipinski definition) is 1. The molecule has 7 nitrogen and oxygen atoms in total. The molecule has 2 aromatic heterocycles. The number of para-hydroxylation sites is 1. The second-order valence-corrected chi connectivity index (χ2v) is 7.19. The van der Waals surface area contributed by atoms with Crippen LogP contribution in [0.5, 0.6) is 10.9 Å². The molecule has 0 aliphatic rings. The van der Waals surface area contributed by atoms with Gasteiger partial charge in [0.1, 0.15) is 5.75 Å². The number of fused-ring (bicyclic) bond motifs is 1. The Morgan fingerprint density at radius 1 is 1.10 bits per heavy atom. The summed E-state index contributed by atoms with van der Waals surface area (Å²) in [6, 6.07) is 14.6. The molecule has 0 radical (unpaired) electrons. The first-order valence-corrected chi connectivity index (χ1v) is 9.94. The third-order valence-electron chi connectivity index (χ3n) is 4.34. The highest BCUT2D eigenvalue weighted by Crippen LogP contribution is 2.23. The van der Waals surface area contributed by atoms with E-state index >= 15 is 0 Å². The van der Waals surface area contributed by atoms with Gasteiger partial charge in [-0.25, -0.2) is 9.97 Å². The van der Waals surface area contributed by atoms with Gasteiger partial charge < -0.3 is 10.1 Å². The zero-order valence-electron chi connectivity index (χ0n) is 15.4. The summed E-state index contributed by atoms with van der Waals surface area (Å²) in [5, 5.41) is 5.85. The molecule has 0 spiro atoms. The van der Waals surface area contributed by atoms with Gasteiger partial charge >= 0.3 is 0 Å². The number of rotatable bonds is 7. The smallest absolute Gasteiger partial charge is 0.278 e. The van der Waals surface area contributed by atoms with Crippen LogP contribution in [0.15, 0.2) is 71.2 Å². The number of aryl methyl sites for hydroxylation is 1. The number of carbonyl (C=O) groups excluding carboxylic acids is 1. The Balaban J connectivity index is 1.29. The molecule has 0 saturated heterocycles. The summed E-state index contributed by atoms with van der Waals surface area (Å²) >= 11 is 1.42. The first kappa shape index (κ1) is 18.8. The van der Waals surface area contributed by atoms with Crippen molar-refractivity contribution >= 4 is 28.1 Å². The van der Waals surface area contributed by atoms with E-state index in [1.165, 1.54) is 22.2 Å². The lowest BCUT2D eigenvalue weighted by Gasteiger charge is -2.08. The average molecular weight is 406 g/mol. The number of nitrogens with zero attached hydrogens (tertiary/aromatic N) is 3. The molecule has 0 saturated carbocycles. The van der Waals surface area contributed by atoms with Crippen molar-refractivity contribution in [2.45, 2.75) is 19.5 Å². The van der Waals surface area contributed by atoms with Gasteiger partial charge in [-0.3, -0.25) is 14.2 Å². The Morgan fingerprint density at radius 2 is 1.93 bits per heavy atom. The molecule has 4 aromatic rings. The van der Waals surface area contributed by atoms with E-state index in [1.807, 2.05) is 35.7 Å². The molecule has 2 aromatic carbocycles. The van der Waals surface area contributed by atoms with Gasteiger partial charge in [-0.05, 0) is 29.8 Å². The largest absolute Gasteiger partial charge is 0.431 e. The molecule has 8 heteroatoms. The molecule has 146 valence electrons. The van der Waals surface area contributed by atoms with E-state index in [0.717, 1.165) is 5.56 Å². The van der Waals surface area contributed by atoms with Crippen molar-refractivity contribution in [1.29, 1.82) is 0 Å². The van der Waals surface area contributed by atoms with Gasteiger partial charge in [-0.1, -0.05) is 35.6 Å². The van der Waals surface area contributed by atoms with Gasteiger partial charge in [-0.2, -0.15) is 0 Å². The normalized spacial score (nSPS) is 10.8. The minimum Gasteiger partial charge on any atom is -0.431 e. The fourth-order valence-electron chi connectivity index (χ4n) is 2.81. The van der Waals surface area contributed by atoms with E-state index in [9.17, 15) is 9.59 Å². The van der Waals surface area contributed by atoms with E-state index in [4.69, 9.17) is 4.74 Å². The van der Waals surface area contributed by atoms with Crippen LogP contribution in [0, 0.1) is 0 Å². The van der Waals surface area contributed by atoms with Gasteiger partial charge in [0.05, 0.1) is 17.2 Å². The van der Waals surface area contributed by atoms with Crippen molar-refractivity contribution < 1.29 is 9.53 Å². The molecular weight excluding hydrogens is 388 g/mol. The van der Waals surface area contributed by atoms with Crippen LogP contribution >= 0.6 is 11.3 Å². The fourth-order valence-corrected chi connectivity index (χ4v) is 3.32. The highest BCUT2D eigenvalue weighted by Gasteiger charge is 2.07. The molecule has 0 aliphatic carbocycles. The number of aromatic nitrogens is 3. The van der Waals surface area contributed by atoms with Crippen LogP contribution in [0.25, 0.3) is 10.9 Å². The molecule has 0 fully saturated rings. The van der Waals surface area contributed by atoms with E-state index in [1.54, 1.807) is 24.4 Å². The topological polar surface area (TPSA) is 86.1 Å². The Labute approximate surface area is 170 Å². The molecule has 0 unspecified atom stereocenters. The summed E-state index contributed by atoms with van der Waals surface area (Å²) in [4.78, 5) is 32.9. The fraction of sp³-hybridized carbons (Fsp3) is 0.143. The van der Waals surface area contributed by atoms with Crippen LogP contribution in [0.2, 0.25) is 0 Å². The first-order chi connectivity index (χ1) is 14.2. The lowest BCUT2D eigenvalue weighted by molar-refractivity contribution is -0.121. The molecule has 29 heavy (non-hydrogen) atoms. The number of benzene rings is 2. The van der Waals surface area contributed by atoms with Gasteiger partial charge in [-0.15, -0.1) is 0 Å². The number of ether oxygens (including phenoxy) is 1. The third-order valence-corrected chi connectivity index (χ3v) is 4.99. The average Bonchev–Trinajstić information content (AvgIpc) is 3.26. The number of nitrogens with one attached hydrogen (secondary N) is 1. The van der Waals surface area contributed by atoms with Crippen molar-refractivity contribution in [1.82, 2.24) is 19.9 Å². The Morgan fingerprint density at radius 3 is 2.72 bits per heavy atom. The number of thiazole rings is 1. The van der Waals surface area contributed by atoms with Crippen LogP contribution in [-0.4, -0.2) is 20.4 Å². The molecule has 0 bridgehead atoms. The molecule has 1 N–H and O–H groups in total. The standard InChI is InChI=1S/C21H18N4O3S/c26-19(9-11-25-14-24-18-4-2-1-3-17(18)20(25)27)23-13-15-5-7-16(8-6-15)28-21-22-10-12-29-21/h1-8,10,12,14H,9,11,13H2,(H,23,26). The highest BCUT2D eigenvalue weighted by atomic mass is 32.1. The van der Waals surface area contributed by atoms with Crippen molar-refractivity contribution in [3.05, 3.63) is 82.4 Å². The predicted octanol–water partition coefficient (Wildman–Crippen LogP) is 3.35. The molecular formula is C21H18N4O3S. The number of hydrogen-bond acceptors (Lipinski definition) is 6. The SMILES string of the molecule is O=C(CCn1cnc2ccccc2c1=O)NCc1ccc(Oc2nccs2)cc1. The van der Waals surface area contributed by atoms with Crippen LogP contribution in [-0.2, 0) is 17.9 Å². The summed E-state index contributed by atoms with van der Waals surface area (Å²) in [7, 11) is 0. The monoisotopic (exact) mass is 406 g/mol. The molecule has 4 rings (SSSR count). The number of carbonyl (C=O) groups is 1. The van der Waals surface area contributed by atoms with Crippen LogP contribution in [0.4, 0.5) is 0 Å². The van der Waals surface area contributed by atoms with Crippen LogP contribution in [0.3, 0.4) is 0 Å². The summed E-state index contributed by atoms with van der Waals surface area (Å²) < 4.78 is 7.07. The van der Waals surface area contributed by atoms with E-state index in [-0.39, 0.29) is 24.4 Å². The molecule has 0 aliphatic heterocycles. The maximum Gasteiger partial charge on any atom is 0.278 e. The Hall–Kier alpha value is -3.52. The van der Waals surface area contributed by atoms with Gasteiger partial charge in [0.2, 0.25) is 5.91 Å². The summed E-state index contributed by atoms with van der Waals surface area (Å²) in [5.74, 6) is 0.561. The Bertz CT molecular complexity index is 1170. The van der Waals surface area contributed by atoms with Gasteiger partial charge in [0, 0.05) is 31.1 Å². The third kappa shape index (κ3) is 4.67. The second-order valence-electron chi connectivity index (χ2n) is 6.33. The van der Waals surface area contributed by atoms with Crippen molar-refractivity contribution in [3.8, 4) is 10.9 Å². The lowest BCUT2D eigenvalue weighted by Crippen LogP contribution is -2.27.